The zero-order valence-electron chi connectivity index (χ0n) is 30.9. The average molecular weight is 647 g/mol. The smallest absolute Gasteiger partial charge is 0.306 e. The molecule has 270 valence electrons. The van der Waals surface area contributed by atoms with Gasteiger partial charge in [-0.3, -0.25) is 9.59 Å². The molecule has 0 radical (unpaired) electrons. The van der Waals surface area contributed by atoms with Gasteiger partial charge in [0, 0.05) is 12.8 Å². The fourth-order valence-electron chi connectivity index (χ4n) is 6.13. The summed E-state index contributed by atoms with van der Waals surface area (Å²) in [7, 11) is 0. The maximum atomic E-state index is 12.6. The van der Waals surface area contributed by atoms with Crippen LogP contribution >= 0.6 is 0 Å². The van der Waals surface area contributed by atoms with Crippen molar-refractivity contribution in [2.24, 2.45) is 0 Å². The van der Waals surface area contributed by atoms with Crippen molar-refractivity contribution in [3.05, 3.63) is 24.3 Å². The van der Waals surface area contributed by atoms with Crippen molar-refractivity contribution in [2.75, 3.05) is 0 Å². The van der Waals surface area contributed by atoms with Crippen LogP contribution in [0.2, 0.25) is 0 Å². The Morgan fingerprint density at radius 3 is 1.39 bits per heavy atom. The molecule has 0 saturated carbocycles. The van der Waals surface area contributed by atoms with Crippen LogP contribution in [0.15, 0.2) is 24.3 Å². The first-order valence-corrected chi connectivity index (χ1v) is 20.3. The van der Waals surface area contributed by atoms with Crippen LogP contribution < -0.4 is 0 Å². The van der Waals surface area contributed by atoms with E-state index in [9.17, 15) is 9.59 Å². The van der Waals surface area contributed by atoms with Gasteiger partial charge in [0.15, 0.2) is 0 Å². The SMILES string of the molecule is CCCCC/C=C\C/C=C\C(CCCCCCCCC(=O)O)OC(=O)CCCCCCCCCCCCCCCCCCCCC. The molecule has 0 aliphatic heterocycles. The van der Waals surface area contributed by atoms with Gasteiger partial charge < -0.3 is 9.84 Å². The molecule has 0 aromatic rings. The Morgan fingerprint density at radius 2 is 0.913 bits per heavy atom. The molecular formula is C42H78O4. The highest BCUT2D eigenvalue weighted by atomic mass is 16.5. The summed E-state index contributed by atoms with van der Waals surface area (Å²) in [5, 5.41) is 8.77. The van der Waals surface area contributed by atoms with Crippen LogP contribution in [0.1, 0.15) is 226 Å². The normalized spacial score (nSPS) is 12.4. The van der Waals surface area contributed by atoms with Gasteiger partial charge in [-0.1, -0.05) is 186 Å². The zero-order chi connectivity index (χ0) is 33.6. The highest BCUT2D eigenvalue weighted by Crippen LogP contribution is 2.17. The number of rotatable bonds is 37. The van der Waals surface area contributed by atoms with E-state index in [4.69, 9.17) is 9.84 Å². The van der Waals surface area contributed by atoms with E-state index in [0.29, 0.717) is 6.42 Å². The van der Waals surface area contributed by atoms with Gasteiger partial charge in [0.1, 0.15) is 6.10 Å². The second-order valence-corrected chi connectivity index (χ2v) is 13.8. The van der Waals surface area contributed by atoms with E-state index in [1.54, 1.807) is 0 Å². The molecule has 4 nitrogen and oxygen atoms in total. The molecule has 0 amide bonds. The lowest BCUT2D eigenvalue weighted by Crippen LogP contribution is -2.16. The molecule has 1 unspecified atom stereocenters. The number of hydrogen-bond donors (Lipinski definition) is 1. The molecule has 0 heterocycles. The van der Waals surface area contributed by atoms with E-state index in [2.05, 4.69) is 38.2 Å². The first-order valence-electron chi connectivity index (χ1n) is 20.3. The van der Waals surface area contributed by atoms with Crippen LogP contribution in [-0.2, 0) is 14.3 Å². The number of hydrogen-bond acceptors (Lipinski definition) is 3. The van der Waals surface area contributed by atoms with Crippen LogP contribution in [0.5, 0.6) is 0 Å². The molecule has 0 fully saturated rings. The Hall–Kier alpha value is -1.58. The molecule has 0 aliphatic rings. The predicted octanol–water partition coefficient (Wildman–Crippen LogP) is 14.0. The number of allylic oxidation sites excluding steroid dienone is 3. The topological polar surface area (TPSA) is 63.6 Å². The van der Waals surface area contributed by atoms with Crippen molar-refractivity contribution in [3.8, 4) is 0 Å². The molecule has 1 atom stereocenters. The Morgan fingerprint density at radius 1 is 0.500 bits per heavy atom. The summed E-state index contributed by atoms with van der Waals surface area (Å²) in [4.78, 5) is 23.3. The Balaban J connectivity index is 3.93. The van der Waals surface area contributed by atoms with Crippen LogP contribution in [-0.4, -0.2) is 23.1 Å². The minimum absolute atomic E-state index is 0.0506. The van der Waals surface area contributed by atoms with Crippen LogP contribution in [0.4, 0.5) is 0 Å². The Labute approximate surface area is 287 Å². The van der Waals surface area contributed by atoms with Crippen LogP contribution in [0, 0.1) is 0 Å². The van der Waals surface area contributed by atoms with Crippen LogP contribution in [0.3, 0.4) is 0 Å². The van der Waals surface area contributed by atoms with E-state index in [0.717, 1.165) is 70.6 Å². The number of ether oxygens (including phenoxy) is 1. The molecule has 0 rings (SSSR count). The first kappa shape index (κ1) is 44.4. The second kappa shape index (κ2) is 37.9. The van der Waals surface area contributed by atoms with Gasteiger partial charge in [0.25, 0.3) is 0 Å². The van der Waals surface area contributed by atoms with E-state index in [1.807, 2.05) is 0 Å². The van der Waals surface area contributed by atoms with Gasteiger partial charge in [-0.15, -0.1) is 0 Å². The lowest BCUT2D eigenvalue weighted by atomic mass is 10.0. The summed E-state index contributed by atoms with van der Waals surface area (Å²) in [6, 6.07) is 0. The predicted molar refractivity (Wildman–Crippen MR) is 200 cm³/mol. The summed E-state index contributed by atoms with van der Waals surface area (Å²) < 4.78 is 5.90. The molecule has 0 aromatic heterocycles. The molecule has 46 heavy (non-hydrogen) atoms. The number of carbonyl (C=O) groups is 2. The zero-order valence-corrected chi connectivity index (χ0v) is 30.9. The highest BCUT2D eigenvalue weighted by molar-refractivity contribution is 5.69. The lowest BCUT2D eigenvalue weighted by molar-refractivity contribution is -0.147. The molecule has 1 N–H and O–H groups in total. The van der Waals surface area contributed by atoms with Crippen molar-refractivity contribution in [1.29, 1.82) is 0 Å². The fourth-order valence-corrected chi connectivity index (χ4v) is 6.13. The number of unbranched alkanes of at least 4 members (excludes halogenated alkanes) is 26. The summed E-state index contributed by atoms with van der Waals surface area (Å²) in [5.41, 5.74) is 0. The number of carboxylic acids is 1. The molecule has 0 aliphatic carbocycles. The summed E-state index contributed by atoms with van der Waals surface area (Å²) in [6.45, 7) is 4.52. The highest BCUT2D eigenvalue weighted by Gasteiger charge is 2.11. The van der Waals surface area contributed by atoms with Gasteiger partial charge in [0.05, 0.1) is 0 Å². The van der Waals surface area contributed by atoms with Crippen molar-refractivity contribution in [3.63, 3.8) is 0 Å². The number of carboxylic acid groups (broad SMARTS) is 1. The average Bonchev–Trinajstić information content (AvgIpc) is 3.04. The Bertz CT molecular complexity index is 698. The molecule has 0 bridgehead atoms. The number of esters is 1. The first-order chi connectivity index (χ1) is 22.6. The van der Waals surface area contributed by atoms with Gasteiger partial charge in [0.2, 0.25) is 0 Å². The minimum Gasteiger partial charge on any atom is -0.481 e. The van der Waals surface area contributed by atoms with Crippen molar-refractivity contribution >= 4 is 11.9 Å². The maximum Gasteiger partial charge on any atom is 0.306 e. The van der Waals surface area contributed by atoms with Crippen LogP contribution in [0.25, 0.3) is 0 Å². The van der Waals surface area contributed by atoms with E-state index < -0.39 is 5.97 Å². The van der Waals surface area contributed by atoms with E-state index in [-0.39, 0.29) is 18.5 Å². The summed E-state index contributed by atoms with van der Waals surface area (Å²) in [5.74, 6) is -0.752. The van der Waals surface area contributed by atoms with E-state index in [1.165, 1.54) is 128 Å². The third-order valence-electron chi connectivity index (χ3n) is 9.16. The quantitative estimate of drug-likeness (QED) is 0.0414. The molecule has 0 aromatic carbocycles. The van der Waals surface area contributed by atoms with E-state index >= 15 is 0 Å². The fraction of sp³-hybridized carbons (Fsp3) is 0.857. The maximum absolute atomic E-state index is 12.6. The van der Waals surface area contributed by atoms with Gasteiger partial charge in [-0.25, -0.2) is 0 Å². The summed E-state index contributed by atoms with van der Waals surface area (Å²) in [6.07, 6.45) is 48.0. The lowest BCUT2D eigenvalue weighted by Gasteiger charge is -2.14. The Kier molecular flexibility index (Phi) is 36.6. The molecule has 0 spiro atoms. The second-order valence-electron chi connectivity index (χ2n) is 13.8. The van der Waals surface area contributed by atoms with Gasteiger partial charge in [-0.05, 0) is 51.0 Å². The minimum atomic E-state index is -0.701. The number of aliphatic carboxylic acids is 1. The third kappa shape index (κ3) is 36.9. The van der Waals surface area contributed by atoms with Gasteiger partial charge >= 0.3 is 11.9 Å². The number of carbonyl (C=O) groups excluding carboxylic acids is 1. The monoisotopic (exact) mass is 647 g/mol. The third-order valence-corrected chi connectivity index (χ3v) is 9.16. The standard InChI is InChI=1S/C42H78O4/c1-3-5-7-9-11-13-14-15-16-17-18-19-20-21-22-23-25-31-35-39-42(45)46-40(36-32-28-24-12-10-8-6-4-2)37-33-29-26-27-30-34-38-41(43)44/h12,24,32,36,40H,3-11,13-23,25-31,33-35,37-39H2,1-2H3,(H,43,44)/b24-12-,36-32-. The molecular weight excluding hydrogens is 568 g/mol. The van der Waals surface area contributed by atoms with Gasteiger partial charge in [-0.2, -0.15) is 0 Å². The van der Waals surface area contributed by atoms with Crippen molar-refractivity contribution in [2.45, 2.75) is 232 Å². The molecule has 4 heteroatoms. The van der Waals surface area contributed by atoms with Crippen molar-refractivity contribution in [1.82, 2.24) is 0 Å². The van der Waals surface area contributed by atoms with Crippen molar-refractivity contribution < 1.29 is 19.4 Å². The largest absolute Gasteiger partial charge is 0.481 e. The summed E-state index contributed by atoms with van der Waals surface area (Å²) >= 11 is 0. The molecule has 0 saturated heterocycles.